The summed E-state index contributed by atoms with van der Waals surface area (Å²) in [6.45, 7) is 0. The van der Waals surface area contributed by atoms with Crippen LogP contribution < -0.4 is 0 Å². The van der Waals surface area contributed by atoms with Gasteiger partial charge in [0.05, 0.1) is 6.10 Å². The van der Waals surface area contributed by atoms with E-state index in [1.165, 1.54) is 0 Å². The molecule has 0 spiro atoms. The molecule has 1 rings (SSSR count). The highest BCUT2D eigenvalue weighted by Crippen LogP contribution is 2.22. The molecule has 0 saturated heterocycles. The molecule has 1 aliphatic rings. The molecule has 0 heterocycles. The summed E-state index contributed by atoms with van der Waals surface area (Å²) in [5.74, 6) is 0. The third kappa shape index (κ3) is 6.87. The van der Waals surface area contributed by atoms with E-state index in [9.17, 15) is 14.7 Å². The molecule has 0 aromatic carbocycles. The predicted molar refractivity (Wildman–Crippen MR) is 84.7 cm³/mol. The summed E-state index contributed by atoms with van der Waals surface area (Å²) in [6, 6.07) is 0. The van der Waals surface area contributed by atoms with Gasteiger partial charge in [-0.05, 0) is 43.0 Å². The Morgan fingerprint density at radius 3 is 2.47 bits per heavy atom. The van der Waals surface area contributed by atoms with Crippen LogP contribution in [0, 0.1) is 0 Å². The number of aliphatic hydroxyl groups is 1. The highest BCUT2D eigenvalue weighted by Gasteiger charge is 2.22. The molecule has 0 amide bonds. The fourth-order valence-electron chi connectivity index (χ4n) is 1.66. The lowest BCUT2D eigenvalue weighted by Gasteiger charge is -2.23. The van der Waals surface area contributed by atoms with Crippen LogP contribution >= 0.6 is 41.9 Å². The minimum Gasteiger partial charge on any atom is -0.450 e. The Morgan fingerprint density at radius 2 is 1.84 bits per heavy atom. The molecule has 0 fully saturated rings. The van der Waals surface area contributed by atoms with Crippen LogP contribution in [0.25, 0.3) is 0 Å². The van der Waals surface area contributed by atoms with E-state index in [2.05, 4.69) is 0 Å². The van der Waals surface area contributed by atoms with Crippen LogP contribution in [-0.2, 0) is 9.47 Å². The minimum atomic E-state index is -0.571. The van der Waals surface area contributed by atoms with Gasteiger partial charge in [-0.1, -0.05) is 0 Å². The molecule has 0 aliphatic heterocycles. The Morgan fingerprint density at radius 1 is 1.21 bits per heavy atom. The van der Waals surface area contributed by atoms with Crippen LogP contribution in [0.5, 0.6) is 0 Å². The summed E-state index contributed by atoms with van der Waals surface area (Å²) in [4.78, 5) is 22.4. The quantitative estimate of drug-likeness (QED) is 0.418. The number of carbonyl (C=O) groups is 2. The number of carbonyl (C=O) groups excluding carboxylic acids is 2. The van der Waals surface area contributed by atoms with Crippen molar-refractivity contribution in [2.75, 3.05) is 6.26 Å². The summed E-state index contributed by atoms with van der Waals surface area (Å²) >= 11 is 2.83. The van der Waals surface area contributed by atoms with Gasteiger partial charge < -0.3 is 14.6 Å². The second-order valence-electron chi connectivity index (χ2n) is 3.95. The SMILES string of the molecule is CSC(=O)OC1/C=C/C(OC(=O)SI)CCC(O)C1. The Bertz CT molecular complexity index is 350. The number of aliphatic hydroxyl groups excluding tert-OH is 1. The second kappa shape index (κ2) is 9.09. The Kier molecular flexibility index (Phi) is 8.19. The molecular weight excluding hydrogens is 403 g/mol. The molecule has 0 saturated carbocycles. The standard InChI is InChI=1S/C11H15IO5S2/c1-18-10(14)17-9-5-4-8(16-11(15)19-12)3-2-7(13)6-9/h4-5,7-9,13H,2-3,6H2,1H3/b5-4+. The molecule has 0 radical (unpaired) electrons. The Balaban J connectivity index is 2.64. The van der Waals surface area contributed by atoms with Crippen LogP contribution in [0.1, 0.15) is 19.3 Å². The molecule has 3 unspecified atom stereocenters. The highest BCUT2D eigenvalue weighted by atomic mass is 127. The number of rotatable bonds is 2. The zero-order chi connectivity index (χ0) is 14.3. The first-order chi connectivity index (χ1) is 9.05. The first kappa shape index (κ1) is 17.1. The topological polar surface area (TPSA) is 72.8 Å². The second-order valence-corrected chi connectivity index (χ2v) is 6.50. The van der Waals surface area contributed by atoms with Gasteiger partial charge >= 0.3 is 10.6 Å². The first-order valence-electron chi connectivity index (χ1n) is 5.65. The van der Waals surface area contributed by atoms with Gasteiger partial charge in [-0.15, -0.1) is 0 Å². The molecule has 108 valence electrons. The van der Waals surface area contributed by atoms with Gasteiger partial charge in [-0.3, -0.25) is 0 Å². The summed E-state index contributed by atoms with van der Waals surface area (Å²) in [5.41, 5.74) is 0. The first-order valence-corrected chi connectivity index (χ1v) is 10.2. The molecule has 0 aromatic rings. The summed E-state index contributed by atoms with van der Waals surface area (Å²) in [6.07, 6.45) is 5.01. The maximum atomic E-state index is 11.2. The summed E-state index contributed by atoms with van der Waals surface area (Å²) in [5, 5.41) is 9.04. The van der Waals surface area contributed by atoms with Crippen molar-refractivity contribution in [2.24, 2.45) is 0 Å². The molecule has 5 nitrogen and oxygen atoms in total. The lowest BCUT2D eigenvalue weighted by atomic mass is 10.00. The fourth-order valence-corrected chi connectivity index (χ4v) is 2.36. The van der Waals surface area contributed by atoms with Crippen molar-refractivity contribution in [3.63, 3.8) is 0 Å². The van der Waals surface area contributed by atoms with E-state index in [0.717, 1.165) is 20.7 Å². The number of hydrogen-bond donors (Lipinski definition) is 1. The largest absolute Gasteiger partial charge is 0.450 e. The maximum Gasteiger partial charge on any atom is 0.378 e. The highest BCUT2D eigenvalue weighted by molar-refractivity contribution is 14.2. The lowest BCUT2D eigenvalue weighted by molar-refractivity contribution is 0.0667. The molecule has 3 atom stereocenters. The zero-order valence-electron chi connectivity index (χ0n) is 10.3. The molecule has 0 aromatic heterocycles. The van der Waals surface area contributed by atoms with Crippen molar-refractivity contribution >= 4 is 52.5 Å². The summed E-state index contributed by atoms with van der Waals surface area (Å²) in [7, 11) is 0.970. The third-order valence-electron chi connectivity index (χ3n) is 2.55. The molecular formula is C11H15IO5S2. The maximum absolute atomic E-state index is 11.2. The van der Waals surface area contributed by atoms with Crippen LogP contribution in [-0.4, -0.2) is 40.3 Å². The van der Waals surface area contributed by atoms with E-state index in [4.69, 9.17) is 9.47 Å². The van der Waals surface area contributed by atoms with Crippen LogP contribution in [0.2, 0.25) is 0 Å². The van der Waals surface area contributed by atoms with Crippen LogP contribution in [0.15, 0.2) is 12.2 Å². The fraction of sp³-hybridized carbons (Fsp3) is 0.636. The van der Waals surface area contributed by atoms with Gasteiger partial charge in [0.1, 0.15) is 12.2 Å². The van der Waals surface area contributed by atoms with Crippen molar-refractivity contribution in [2.45, 2.75) is 37.6 Å². The van der Waals surface area contributed by atoms with Crippen molar-refractivity contribution in [3.05, 3.63) is 12.2 Å². The van der Waals surface area contributed by atoms with Gasteiger partial charge in [-0.2, -0.15) is 0 Å². The third-order valence-corrected chi connectivity index (χ3v) is 4.28. The molecule has 19 heavy (non-hydrogen) atoms. The monoisotopic (exact) mass is 418 g/mol. The van der Waals surface area contributed by atoms with Gasteiger partial charge in [0.2, 0.25) is 0 Å². The van der Waals surface area contributed by atoms with Crippen molar-refractivity contribution in [1.82, 2.24) is 0 Å². The van der Waals surface area contributed by atoms with E-state index in [1.807, 2.05) is 21.2 Å². The normalized spacial score (nSPS) is 28.9. The smallest absolute Gasteiger partial charge is 0.378 e. The Labute approximate surface area is 132 Å². The van der Waals surface area contributed by atoms with Crippen molar-refractivity contribution in [1.29, 1.82) is 0 Å². The van der Waals surface area contributed by atoms with Gasteiger partial charge in [0, 0.05) is 36.6 Å². The number of halogens is 1. The number of hydrogen-bond acceptors (Lipinski definition) is 7. The molecule has 1 aliphatic carbocycles. The average Bonchev–Trinajstić information content (AvgIpc) is 2.39. The predicted octanol–water partition coefficient (Wildman–Crippen LogP) is 3.54. The van der Waals surface area contributed by atoms with E-state index < -0.39 is 17.5 Å². The van der Waals surface area contributed by atoms with Crippen LogP contribution in [0.4, 0.5) is 9.59 Å². The lowest BCUT2D eigenvalue weighted by Crippen LogP contribution is -2.25. The molecule has 0 bridgehead atoms. The van der Waals surface area contributed by atoms with E-state index >= 15 is 0 Å². The Hall–Kier alpha value is 0.0700. The average molecular weight is 418 g/mol. The van der Waals surface area contributed by atoms with E-state index in [0.29, 0.717) is 19.3 Å². The van der Waals surface area contributed by atoms with Crippen molar-refractivity contribution < 1.29 is 24.2 Å². The zero-order valence-corrected chi connectivity index (χ0v) is 14.1. The number of ether oxygens (including phenoxy) is 2. The van der Waals surface area contributed by atoms with Crippen LogP contribution in [0.3, 0.4) is 0 Å². The van der Waals surface area contributed by atoms with Gasteiger partial charge in [-0.25, -0.2) is 9.59 Å². The molecule has 1 N–H and O–H groups in total. The number of thioether (sulfide) groups is 1. The van der Waals surface area contributed by atoms with E-state index in [1.54, 1.807) is 18.4 Å². The molecule has 8 heteroatoms. The van der Waals surface area contributed by atoms with E-state index in [-0.39, 0.29) is 11.4 Å². The van der Waals surface area contributed by atoms with Gasteiger partial charge in [0.25, 0.3) is 0 Å². The van der Waals surface area contributed by atoms with Crippen molar-refractivity contribution in [3.8, 4) is 0 Å². The minimum absolute atomic E-state index is 0.366. The summed E-state index contributed by atoms with van der Waals surface area (Å²) < 4.78 is 10.3. The van der Waals surface area contributed by atoms with Gasteiger partial charge in [0.15, 0.2) is 0 Å².